The third kappa shape index (κ3) is 3.87. The molecule has 0 aliphatic carbocycles. The highest BCUT2D eigenvalue weighted by atomic mass is 15.1. The van der Waals surface area contributed by atoms with Gasteiger partial charge in [-0.15, -0.1) is 0 Å². The molecule has 0 aromatic carbocycles. The van der Waals surface area contributed by atoms with E-state index in [1.807, 2.05) is 24.5 Å². The minimum atomic E-state index is 0.818. The minimum Gasteiger partial charge on any atom is -0.311 e. The predicted molar refractivity (Wildman–Crippen MR) is 76.7 cm³/mol. The van der Waals surface area contributed by atoms with Gasteiger partial charge in [0.1, 0.15) is 0 Å². The largest absolute Gasteiger partial charge is 0.311 e. The minimum absolute atomic E-state index is 0.818. The molecule has 0 spiro atoms. The Balaban J connectivity index is 1.90. The highest BCUT2D eigenvalue weighted by Crippen LogP contribution is 2.19. The van der Waals surface area contributed by atoms with Crippen molar-refractivity contribution in [1.82, 2.24) is 25.4 Å². The van der Waals surface area contributed by atoms with Crippen molar-refractivity contribution >= 4 is 0 Å². The molecule has 0 bridgehead atoms. The van der Waals surface area contributed by atoms with Crippen LogP contribution < -0.4 is 5.32 Å². The number of nitrogens with zero attached hydrogens (tertiary/aromatic N) is 3. The molecule has 0 saturated heterocycles. The second-order valence-corrected chi connectivity index (χ2v) is 4.58. The molecule has 5 nitrogen and oxygen atoms in total. The monoisotopic (exact) mass is 259 g/mol. The second kappa shape index (κ2) is 7.01. The first-order valence-electron chi connectivity index (χ1n) is 6.63. The first-order valence-corrected chi connectivity index (χ1v) is 6.63. The van der Waals surface area contributed by atoms with Crippen molar-refractivity contribution in [1.29, 1.82) is 0 Å². The van der Waals surface area contributed by atoms with Gasteiger partial charge in [0, 0.05) is 43.2 Å². The Bertz CT molecular complexity index is 480. The van der Waals surface area contributed by atoms with E-state index in [9.17, 15) is 0 Å². The van der Waals surface area contributed by atoms with E-state index in [0.29, 0.717) is 0 Å². The van der Waals surface area contributed by atoms with Crippen LogP contribution in [0.2, 0.25) is 0 Å². The molecule has 2 aromatic heterocycles. The quantitative estimate of drug-likeness (QED) is 0.740. The van der Waals surface area contributed by atoms with E-state index >= 15 is 0 Å². The summed E-state index contributed by atoms with van der Waals surface area (Å²) < 4.78 is 0. The van der Waals surface area contributed by atoms with Crippen LogP contribution >= 0.6 is 0 Å². The number of nitrogens with one attached hydrogen (secondary N) is 2. The maximum atomic E-state index is 4.14. The molecule has 2 N–H and O–H groups in total. The van der Waals surface area contributed by atoms with Crippen LogP contribution in [0.4, 0.5) is 0 Å². The molecule has 0 saturated carbocycles. The average molecular weight is 259 g/mol. The van der Waals surface area contributed by atoms with E-state index in [1.165, 1.54) is 5.56 Å². The second-order valence-electron chi connectivity index (χ2n) is 4.58. The van der Waals surface area contributed by atoms with Gasteiger partial charge in [-0.3, -0.25) is 10.1 Å². The molecular weight excluding hydrogens is 238 g/mol. The number of aromatic nitrogens is 3. The maximum absolute atomic E-state index is 4.14. The molecule has 0 amide bonds. The Hall–Kier alpha value is -1.72. The van der Waals surface area contributed by atoms with E-state index in [2.05, 4.69) is 39.4 Å². The lowest BCUT2D eigenvalue weighted by atomic mass is 10.1. The van der Waals surface area contributed by atoms with Crippen molar-refractivity contribution in [3.05, 3.63) is 36.3 Å². The van der Waals surface area contributed by atoms with Crippen LogP contribution in [0.1, 0.15) is 12.5 Å². The summed E-state index contributed by atoms with van der Waals surface area (Å²) in [6, 6.07) is 3.97. The Labute approximate surface area is 114 Å². The zero-order chi connectivity index (χ0) is 13.5. The summed E-state index contributed by atoms with van der Waals surface area (Å²) in [6.45, 7) is 6.09. The molecule has 19 heavy (non-hydrogen) atoms. The lowest BCUT2D eigenvalue weighted by molar-refractivity contribution is 0.349. The van der Waals surface area contributed by atoms with Crippen LogP contribution in [0.15, 0.2) is 30.7 Å². The number of pyridine rings is 1. The molecule has 0 fully saturated rings. The molecular formula is C14H21N5. The number of hydrogen-bond acceptors (Lipinski definition) is 4. The first-order chi connectivity index (χ1) is 9.31. The summed E-state index contributed by atoms with van der Waals surface area (Å²) in [5.41, 5.74) is 3.29. The van der Waals surface area contributed by atoms with Crippen molar-refractivity contribution < 1.29 is 0 Å². The van der Waals surface area contributed by atoms with Gasteiger partial charge in [0.2, 0.25) is 0 Å². The van der Waals surface area contributed by atoms with Gasteiger partial charge in [0.25, 0.3) is 0 Å². The molecule has 102 valence electrons. The Morgan fingerprint density at radius 2 is 2.26 bits per heavy atom. The van der Waals surface area contributed by atoms with Crippen LogP contribution in [0.25, 0.3) is 11.3 Å². The molecule has 2 heterocycles. The fourth-order valence-corrected chi connectivity index (χ4v) is 1.86. The summed E-state index contributed by atoms with van der Waals surface area (Å²) in [6.07, 6.45) is 5.50. The van der Waals surface area contributed by atoms with E-state index in [1.54, 1.807) is 6.20 Å². The summed E-state index contributed by atoms with van der Waals surface area (Å²) >= 11 is 0. The maximum Gasteiger partial charge on any atom is 0.0710 e. The normalized spacial score (nSPS) is 11.1. The van der Waals surface area contributed by atoms with Crippen molar-refractivity contribution in [3.8, 4) is 11.3 Å². The summed E-state index contributed by atoms with van der Waals surface area (Å²) in [5.74, 6) is 0. The van der Waals surface area contributed by atoms with Gasteiger partial charge in [-0.25, -0.2) is 0 Å². The number of rotatable bonds is 7. The molecule has 0 radical (unpaired) electrons. The van der Waals surface area contributed by atoms with E-state index < -0.39 is 0 Å². The first kappa shape index (κ1) is 13.7. The number of hydrogen-bond donors (Lipinski definition) is 2. The zero-order valence-corrected chi connectivity index (χ0v) is 11.6. The third-order valence-electron chi connectivity index (χ3n) is 3.19. The molecule has 0 unspecified atom stereocenters. The summed E-state index contributed by atoms with van der Waals surface area (Å²) in [4.78, 5) is 6.42. The van der Waals surface area contributed by atoms with E-state index in [0.717, 1.165) is 37.4 Å². The number of aromatic amines is 1. The molecule has 5 heteroatoms. The van der Waals surface area contributed by atoms with Crippen LogP contribution in [-0.2, 0) is 6.54 Å². The van der Waals surface area contributed by atoms with Crippen molar-refractivity contribution in [3.63, 3.8) is 0 Å². The molecule has 2 aromatic rings. The average Bonchev–Trinajstić information content (AvgIpc) is 2.92. The summed E-state index contributed by atoms with van der Waals surface area (Å²) in [7, 11) is 2.13. The molecule has 0 atom stereocenters. The fraction of sp³-hybridized carbons (Fsp3) is 0.429. The molecule has 0 aliphatic rings. The van der Waals surface area contributed by atoms with Gasteiger partial charge in [-0.2, -0.15) is 5.10 Å². The van der Waals surface area contributed by atoms with Gasteiger partial charge in [0.15, 0.2) is 0 Å². The molecule has 2 rings (SSSR count). The smallest absolute Gasteiger partial charge is 0.0710 e. The van der Waals surface area contributed by atoms with Gasteiger partial charge < -0.3 is 10.2 Å². The standard InChI is InChI=1S/C14H21N5/c1-3-19(2)8-7-16-10-13-11-17-18-14(13)12-5-4-6-15-9-12/h4-6,9,11,16H,3,7-8,10H2,1-2H3,(H,17,18). The lowest BCUT2D eigenvalue weighted by Gasteiger charge is -2.13. The van der Waals surface area contributed by atoms with Gasteiger partial charge in [-0.05, 0) is 25.7 Å². The lowest BCUT2D eigenvalue weighted by Crippen LogP contribution is -2.28. The number of H-pyrrole nitrogens is 1. The Kier molecular flexibility index (Phi) is 5.06. The zero-order valence-electron chi connectivity index (χ0n) is 11.6. The van der Waals surface area contributed by atoms with Gasteiger partial charge in [-0.1, -0.05) is 6.92 Å². The molecule has 0 aliphatic heterocycles. The Morgan fingerprint density at radius 1 is 1.37 bits per heavy atom. The van der Waals surface area contributed by atoms with E-state index in [4.69, 9.17) is 0 Å². The van der Waals surface area contributed by atoms with Crippen LogP contribution in [0.3, 0.4) is 0 Å². The van der Waals surface area contributed by atoms with Gasteiger partial charge in [0.05, 0.1) is 11.9 Å². The SMILES string of the molecule is CCN(C)CCNCc1cn[nH]c1-c1cccnc1. The third-order valence-corrected chi connectivity index (χ3v) is 3.19. The van der Waals surface area contributed by atoms with Crippen LogP contribution in [-0.4, -0.2) is 46.8 Å². The van der Waals surface area contributed by atoms with Gasteiger partial charge >= 0.3 is 0 Å². The topological polar surface area (TPSA) is 56.8 Å². The number of likely N-dealkylation sites (N-methyl/N-ethyl adjacent to an activating group) is 1. The predicted octanol–water partition coefficient (Wildman–Crippen LogP) is 1.51. The van der Waals surface area contributed by atoms with Crippen LogP contribution in [0, 0.1) is 0 Å². The van der Waals surface area contributed by atoms with Crippen molar-refractivity contribution in [2.75, 3.05) is 26.7 Å². The highest BCUT2D eigenvalue weighted by molar-refractivity contribution is 5.61. The fourth-order valence-electron chi connectivity index (χ4n) is 1.86. The highest BCUT2D eigenvalue weighted by Gasteiger charge is 2.07. The van der Waals surface area contributed by atoms with E-state index in [-0.39, 0.29) is 0 Å². The van der Waals surface area contributed by atoms with Crippen molar-refractivity contribution in [2.45, 2.75) is 13.5 Å². The summed E-state index contributed by atoms with van der Waals surface area (Å²) in [5, 5.41) is 10.6. The van der Waals surface area contributed by atoms with Crippen molar-refractivity contribution in [2.24, 2.45) is 0 Å². The Morgan fingerprint density at radius 3 is 3.00 bits per heavy atom. The van der Waals surface area contributed by atoms with Crippen LogP contribution in [0.5, 0.6) is 0 Å².